The number of carbonyl (C=O) groups excluding carboxylic acids is 1. The number of amides is 1. The van der Waals surface area contributed by atoms with Crippen LogP contribution in [0.15, 0.2) is 54.9 Å². The lowest BCUT2D eigenvalue weighted by Gasteiger charge is -2.11. The fourth-order valence-corrected chi connectivity index (χ4v) is 3.21. The average Bonchev–Trinajstić information content (AvgIpc) is 3.19. The minimum Gasteiger partial charge on any atom is -0.350 e. The number of aryl methyl sites for hydroxylation is 1. The fourth-order valence-electron chi connectivity index (χ4n) is 3.21. The zero-order valence-corrected chi connectivity index (χ0v) is 17.8. The topological polar surface area (TPSA) is 97.1 Å². The molecule has 1 aromatic carbocycles. The number of nitrogens with zero attached hydrogens (tertiary/aromatic N) is 5. The fraction of sp³-hybridized carbons (Fsp3) is 0.261. The Morgan fingerprint density at radius 2 is 1.94 bits per heavy atom. The molecular formula is C23H25N7O. The Labute approximate surface area is 180 Å². The van der Waals surface area contributed by atoms with Crippen LogP contribution in [0.4, 0.5) is 11.5 Å². The number of hydrogen-bond acceptors (Lipinski definition) is 6. The van der Waals surface area contributed by atoms with Crippen LogP contribution in [0.5, 0.6) is 0 Å². The zero-order valence-electron chi connectivity index (χ0n) is 17.8. The minimum atomic E-state index is -0.0875. The van der Waals surface area contributed by atoms with E-state index in [4.69, 9.17) is 0 Å². The number of benzene rings is 1. The van der Waals surface area contributed by atoms with Gasteiger partial charge in [0.05, 0.1) is 0 Å². The summed E-state index contributed by atoms with van der Waals surface area (Å²) in [6.45, 7) is 5.99. The van der Waals surface area contributed by atoms with Crippen molar-refractivity contribution in [3.05, 3.63) is 66.1 Å². The highest BCUT2D eigenvalue weighted by Crippen LogP contribution is 2.22. The van der Waals surface area contributed by atoms with Crippen molar-refractivity contribution in [2.45, 2.75) is 39.7 Å². The highest BCUT2D eigenvalue weighted by atomic mass is 16.1. The quantitative estimate of drug-likeness (QED) is 0.473. The van der Waals surface area contributed by atoms with Crippen LogP contribution in [0.3, 0.4) is 0 Å². The molecule has 0 aliphatic rings. The van der Waals surface area contributed by atoms with Crippen LogP contribution < -0.4 is 10.6 Å². The Balaban J connectivity index is 1.67. The van der Waals surface area contributed by atoms with Gasteiger partial charge in [0.1, 0.15) is 5.82 Å². The van der Waals surface area contributed by atoms with Crippen molar-refractivity contribution in [1.82, 2.24) is 29.9 Å². The summed E-state index contributed by atoms with van der Waals surface area (Å²) in [5.41, 5.74) is 3.23. The second-order valence-corrected chi connectivity index (χ2v) is 7.60. The Morgan fingerprint density at radius 3 is 2.61 bits per heavy atom. The van der Waals surface area contributed by atoms with E-state index in [0.29, 0.717) is 17.2 Å². The number of aromatic nitrogens is 5. The van der Waals surface area contributed by atoms with E-state index >= 15 is 0 Å². The van der Waals surface area contributed by atoms with Gasteiger partial charge in [0.15, 0.2) is 5.82 Å². The Kier molecular flexibility index (Phi) is 5.88. The largest absolute Gasteiger partial charge is 0.350 e. The van der Waals surface area contributed by atoms with Gasteiger partial charge in [-0.15, -0.1) is 5.10 Å². The second kappa shape index (κ2) is 8.91. The lowest BCUT2D eigenvalue weighted by molar-refractivity contribution is 0.0943. The monoisotopic (exact) mass is 415 g/mol. The molecule has 0 atom stereocenters. The van der Waals surface area contributed by atoms with E-state index in [1.807, 2.05) is 44.2 Å². The van der Waals surface area contributed by atoms with E-state index < -0.39 is 0 Å². The normalized spacial score (nSPS) is 11.1. The molecule has 0 saturated carbocycles. The highest BCUT2D eigenvalue weighted by Gasteiger charge is 2.13. The van der Waals surface area contributed by atoms with Crippen LogP contribution in [-0.4, -0.2) is 36.5 Å². The molecule has 0 bridgehead atoms. The highest BCUT2D eigenvalue weighted by molar-refractivity contribution is 5.94. The second-order valence-electron chi connectivity index (χ2n) is 7.60. The van der Waals surface area contributed by atoms with Crippen molar-refractivity contribution in [3.8, 4) is 11.4 Å². The molecule has 8 heteroatoms. The molecule has 0 radical (unpaired) electrons. The third-order valence-electron chi connectivity index (χ3n) is 4.63. The summed E-state index contributed by atoms with van der Waals surface area (Å²) < 4.78 is 1.70. The van der Waals surface area contributed by atoms with Gasteiger partial charge in [-0.3, -0.25) is 9.78 Å². The van der Waals surface area contributed by atoms with Gasteiger partial charge in [-0.25, -0.2) is 4.98 Å². The number of anilines is 2. The minimum absolute atomic E-state index is 0.0875. The summed E-state index contributed by atoms with van der Waals surface area (Å²) in [6, 6.07) is 13.2. The molecule has 4 rings (SSSR count). The van der Waals surface area contributed by atoms with Gasteiger partial charge in [0, 0.05) is 47.0 Å². The van der Waals surface area contributed by atoms with Gasteiger partial charge in [-0.1, -0.05) is 13.3 Å². The lowest BCUT2D eigenvalue weighted by atomic mass is 10.2. The van der Waals surface area contributed by atoms with Crippen molar-refractivity contribution in [2.24, 2.45) is 0 Å². The summed E-state index contributed by atoms with van der Waals surface area (Å²) >= 11 is 0. The summed E-state index contributed by atoms with van der Waals surface area (Å²) in [5.74, 6) is 1.77. The molecule has 0 spiro atoms. The van der Waals surface area contributed by atoms with Crippen LogP contribution in [-0.2, 0) is 6.42 Å². The van der Waals surface area contributed by atoms with Crippen LogP contribution in [0.1, 0.15) is 43.2 Å². The number of nitrogens with one attached hydrogen (secondary N) is 2. The van der Waals surface area contributed by atoms with Crippen LogP contribution in [0.2, 0.25) is 0 Å². The van der Waals surface area contributed by atoms with Crippen molar-refractivity contribution in [1.29, 1.82) is 0 Å². The van der Waals surface area contributed by atoms with E-state index in [-0.39, 0.29) is 11.9 Å². The molecule has 0 fully saturated rings. The molecule has 31 heavy (non-hydrogen) atoms. The molecule has 1 amide bonds. The van der Waals surface area contributed by atoms with E-state index in [2.05, 4.69) is 37.6 Å². The lowest BCUT2D eigenvalue weighted by Crippen LogP contribution is -2.29. The van der Waals surface area contributed by atoms with Gasteiger partial charge in [-0.2, -0.15) is 9.50 Å². The maximum atomic E-state index is 12.2. The third kappa shape index (κ3) is 4.69. The molecule has 0 saturated heterocycles. The summed E-state index contributed by atoms with van der Waals surface area (Å²) in [6.07, 6.45) is 5.27. The summed E-state index contributed by atoms with van der Waals surface area (Å²) in [4.78, 5) is 25.6. The first-order chi connectivity index (χ1) is 15.0. The first-order valence-corrected chi connectivity index (χ1v) is 10.4. The number of carbonyl (C=O) groups is 1. The summed E-state index contributed by atoms with van der Waals surface area (Å²) in [5, 5.41) is 10.9. The number of fused-ring (bicyclic) bond motifs is 1. The molecule has 2 N–H and O–H groups in total. The first-order valence-electron chi connectivity index (χ1n) is 10.4. The molecule has 3 heterocycles. The third-order valence-corrected chi connectivity index (χ3v) is 4.63. The number of pyridine rings is 1. The molecule has 0 unspecified atom stereocenters. The van der Waals surface area contributed by atoms with Crippen LogP contribution in [0, 0.1) is 0 Å². The van der Waals surface area contributed by atoms with Gasteiger partial charge in [0.25, 0.3) is 11.7 Å². The Hall–Kier alpha value is -3.81. The molecule has 4 aromatic rings. The molecule has 8 nitrogen and oxygen atoms in total. The number of rotatable bonds is 7. The predicted octanol–water partition coefficient (Wildman–Crippen LogP) is 4.02. The molecular weight excluding hydrogens is 390 g/mol. The molecule has 0 aliphatic carbocycles. The van der Waals surface area contributed by atoms with Gasteiger partial charge >= 0.3 is 0 Å². The predicted molar refractivity (Wildman–Crippen MR) is 120 cm³/mol. The van der Waals surface area contributed by atoms with E-state index in [1.54, 1.807) is 29.0 Å². The zero-order chi connectivity index (χ0) is 21.8. The van der Waals surface area contributed by atoms with Gasteiger partial charge < -0.3 is 10.6 Å². The summed E-state index contributed by atoms with van der Waals surface area (Å²) in [7, 11) is 0. The van der Waals surface area contributed by atoms with Crippen LogP contribution in [0.25, 0.3) is 17.2 Å². The van der Waals surface area contributed by atoms with Gasteiger partial charge in [0.2, 0.25) is 0 Å². The van der Waals surface area contributed by atoms with E-state index in [1.165, 1.54) is 0 Å². The standard InChI is InChI=1S/C23H25N7O/c1-4-6-19-13-20(26-18-10-8-16(9-11-18)22(31)25-15(2)3)30-23(27-19)28-21(29-30)17-7-5-12-24-14-17/h5,7-15,26H,4,6H2,1-3H3,(H,25,31). The van der Waals surface area contributed by atoms with E-state index in [9.17, 15) is 4.79 Å². The molecule has 158 valence electrons. The smallest absolute Gasteiger partial charge is 0.254 e. The average molecular weight is 416 g/mol. The molecule has 3 aromatic heterocycles. The SMILES string of the molecule is CCCc1cc(Nc2ccc(C(=O)NC(C)C)cc2)n2nc(-c3cccnc3)nc2n1. The van der Waals surface area contributed by atoms with Gasteiger partial charge in [-0.05, 0) is 56.7 Å². The van der Waals surface area contributed by atoms with E-state index in [0.717, 1.165) is 35.6 Å². The van der Waals surface area contributed by atoms with Crippen molar-refractivity contribution in [3.63, 3.8) is 0 Å². The Morgan fingerprint density at radius 1 is 1.13 bits per heavy atom. The van der Waals surface area contributed by atoms with Crippen molar-refractivity contribution >= 4 is 23.2 Å². The maximum absolute atomic E-state index is 12.2. The first kappa shape index (κ1) is 20.5. The number of hydrogen-bond donors (Lipinski definition) is 2. The van der Waals surface area contributed by atoms with Crippen molar-refractivity contribution in [2.75, 3.05) is 5.32 Å². The van der Waals surface area contributed by atoms with Crippen LogP contribution >= 0.6 is 0 Å². The Bertz CT molecular complexity index is 1180. The maximum Gasteiger partial charge on any atom is 0.254 e. The molecule has 0 aliphatic heterocycles. The van der Waals surface area contributed by atoms with Crippen molar-refractivity contribution < 1.29 is 4.79 Å².